The number of halogens is 3. The Morgan fingerprint density at radius 1 is 1.25 bits per heavy atom. The highest BCUT2D eigenvalue weighted by atomic mass is 19.4. The summed E-state index contributed by atoms with van der Waals surface area (Å²) in [5, 5.41) is 14.0. The average molecular weight is 342 g/mol. The molecular formula is C15H13F3N2O4. The first-order valence-electron chi connectivity index (χ1n) is 6.74. The van der Waals surface area contributed by atoms with Gasteiger partial charge in [0, 0.05) is 0 Å². The van der Waals surface area contributed by atoms with Crippen LogP contribution in [-0.4, -0.2) is 23.0 Å². The second kappa shape index (κ2) is 6.65. The second-order valence-electron chi connectivity index (χ2n) is 4.89. The summed E-state index contributed by atoms with van der Waals surface area (Å²) in [7, 11) is 0. The molecule has 1 aromatic heterocycles. The van der Waals surface area contributed by atoms with Crippen LogP contribution in [0.3, 0.4) is 0 Å². The van der Waals surface area contributed by atoms with E-state index in [1.165, 1.54) is 25.3 Å². The number of furan rings is 1. The standard InChI is InChI=1S/C15H13F3N2O4/c1-8(19-14(23)12-3-2-6-24-12)13(22)20-10-7-9(15(16,17)18)4-5-11(10)21/h2-8,21H,1H3,(H,19,23)(H,20,22). The molecule has 2 amide bonds. The number of amides is 2. The van der Waals surface area contributed by atoms with Gasteiger partial charge in [-0.1, -0.05) is 0 Å². The van der Waals surface area contributed by atoms with Crippen molar-refractivity contribution in [2.24, 2.45) is 0 Å². The number of carbonyl (C=O) groups excluding carboxylic acids is 2. The molecular weight excluding hydrogens is 329 g/mol. The molecule has 6 nitrogen and oxygen atoms in total. The summed E-state index contributed by atoms with van der Waals surface area (Å²) >= 11 is 0. The van der Waals surface area contributed by atoms with Crippen LogP contribution in [0.25, 0.3) is 0 Å². The van der Waals surface area contributed by atoms with Crippen molar-refractivity contribution in [1.29, 1.82) is 0 Å². The number of aromatic hydroxyl groups is 1. The Balaban J connectivity index is 2.07. The van der Waals surface area contributed by atoms with Crippen LogP contribution < -0.4 is 10.6 Å². The van der Waals surface area contributed by atoms with E-state index in [1.54, 1.807) is 0 Å². The van der Waals surface area contributed by atoms with E-state index < -0.39 is 41.0 Å². The van der Waals surface area contributed by atoms with Crippen molar-refractivity contribution in [3.05, 3.63) is 47.9 Å². The van der Waals surface area contributed by atoms with Crippen LogP contribution in [0.15, 0.2) is 41.0 Å². The minimum Gasteiger partial charge on any atom is -0.506 e. The van der Waals surface area contributed by atoms with Gasteiger partial charge in [-0.05, 0) is 37.3 Å². The van der Waals surface area contributed by atoms with Crippen molar-refractivity contribution in [1.82, 2.24) is 5.32 Å². The number of rotatable bonds is 4. The molecule has 1 unspecified atom stereocenters. The predicted molar refractivity (Wildman–Crippen MR) is 77.4 cm³/mol. The average Bonchev–Trinajstić information content (AvgIpc) is 3.02. The summed E-state index contributed by atoms with van der Waals surface area (Å²) in [6, 6.07) is 3.92. The number of alkyl halides is 3. The van der Waals surface area contributed by atoms with Gasteiger partial charge in [0.1, 0.15) is 11.8 Å². The third-order valence-electron chi connectivity index (χ3n) is 3.07. The van der Waals surface area contributed by atoms with Gasteiger partial charge in [0.15, 0.2) is 5.76 Å². The molecule has 128 valence electrons. The molecule has 0 saturated carbocycles. The van der Waals surface area contributed by atoms with E-state index in [1.807, 2.05) is 0 Å². The third-order valence-corrected chi connectivity index (χ3v) is 3.07. The van der Waals surface area contributed by atoms with Crippen LogP contribution in [0.1, 0.15) is 23.0 Å². The molecule has 0 aliphatic rings. The van der Waals surface area contributed by atoms with Gasteiger partial charge in [0.25, 0.3) is 5.91 Å². The summed E-state index contributed by atoms with van der Waals surface area (Å²) in [6.45, 7) is 1.33. The van der Waals surface area contributed by atoms with Crippen LogP contribution in [0.4, 0.5) is 18.9 Å². The van der Waals surface area contributed by atoms with Gasteiger partial charge in [0.05, 0.1) is 17.5 Å². The molecule has 0 saturated heterocycles. The first kappa shape index (κ1) is 17.4. The summed E-state index contributed by atoms with van der Waals surface area (Å²) in [6.07, 6.45) is -3.34. The van der Waals surface area contributed by atoms with Gasteiger partial charge in [-0.25, -0.2) is 0 Å². The van der Waals surface area contributed by atoms with Crippen LogP contribution >= 0.6 is 0 Å². The summed E-state index contributed by atoms with van der Waals surface area (Å²) in [5.41, 5.74) is -1.43. The first-order valence-corrected chi connectivity index (χ1v) is 6.74. The minimum atomic E-state index is -4.62. The zero-order valence-corrected chi connectivity index (χ0v) is 12.3. The van der Waals surface area contributed by atoms with Crippen molar-refractivity contribution < 1.29 is 32.3 Å². The van der Waals surface area contributed by atoms with Crippen molar-refractivity contribution >= 4 is 17.5 Å². The lowest BCUT2D eigenvalue weighted by atomic mass is 10.1. The molecule has 9 heteroatoms. The highest BCUT2D eigenvalue weighted by Crippen LogP contribution is 2.34. The number of phenolic OH excluding ortho intramolecular Hbond substituents is 1. The summed E-state index contributed by atoms with van der Waals surface area (Å²) < 4.78 is 42.8. The Morgan fingerprint density at radius 3 is 2.54 bits per heavy atom. The number of nitrogens with one attached hydrogen (secondary N) is 2. The molecule has 0 radical (unpaired) electrons. The molecule has 0 spiro atoms. The SMILES string of the molecule is CC(NC(=O)c1ccco1)C(=O)Nc1cc(C(F)(F)F)ccc1O. The van der Waals surface area contributed by atoms with Gasteiger partial charge in [-0.3, -0.25) is 9.59 Å². The number of hydrogen-bond donors (Lipinski definition) is 3. The highest BCUT2D eigenvalue weighted by Gasteiger charge is 2.31. The van der Waals surface area contributed by atoms with Gasteiger partial charge in [0.2, 0.25) is 5.91 Å². The fourth-order valence-electron chi connectivity index (χ4n) is 1.79. The van der Waals surface area contributed by atoms with E-state index in [9.17, 15) is 27.9 Å². The number of anilines is 1. The van der Waals surface area contributed by atoms with E-state index in [0.29, 0.717) is 12.1 Å². The summed E-state index contributed by atoms with van der Waals surface area (Å²) in [4.78, 5) is 23.7. The van der Waals surface area contributed by atoms with Crippen molar-refractivity contribution in [2.75, 3.05) is 5.32 Å². The van der Waals surface area contributed by atoms with Crippen LogP contribution in [-0.2, 0) is 11.0 Å². The predicted octanol–water partition coefficient (Wildman–Crippen LogP) is 2.76. The Labute approximate surface area is 134 Å². The summed E-state index contributed by atoms with van der Waals surface area (Å²) in [5.74, 6) is -2.00. The van der Waals surface area contributed by atoms with Crippen LogP contribution in [0, 0.1) is 0 Å². The van der Waals surface area contributed by atoms with Crippen molar-refractivity contribution in [3.8, 4) is 5.75 Å². The highest BCUT2D eigenvalue weighted by molar-refractivity contribution is 6.00. The molecule has 24 heavy (non-hydrogen) atoms. The third kappa shape index (κ3) is 4.06. The van der Waals surface area contributed by atoms with E-state index in [2.05, 4.69) is 10.6 Å². The Bertz CT molecular complexity index is 742. The minimum absolute atomic E-state index is 0.0171. The van der Waals surface area contributed by atoms with E-state index in [0.717, 1.165) is 6.07 Å². The normalized spacial score (nSPS) is 12.5. The molecule has 3 N–H and O–H groups in total. The van der Waals surface area contributed by atoms with Gasteiger partial charge in [-0.2, -0.15) is 13.2 Å². The van der Waals surface area contributed by atoms with E-state index >= 15 is 0 Å². The molecule has 2 aromatic rings. The van der Waals surface area contributed by atoms with Gasteiger partial charge in [-0.15, -0.1) is 0 Å². The molecule has 0 bridgehead atoms. The van der Waals surface area contributed by atoms with Crippen LogP contribution in [0.2, 0.25) is 0 Å². The molecule has 1 heterocycles. The second-order valence-corrected chi connectivity index (χ2v) is 4.89. The fraction of sp³-hybridized carbons (Fsp3) is 0.200. The van der Waals surface area contributed by atoms with Gasteiger partial charge < -0.3 is 20.2 Å². The maximum Gasteiger partial charge on any atom is 0.416 e. The zero-order chi connectivity index (χ0) is 17.9. The number of hydrogen-bond acceptors (Lipinski definition) is 4. The maximum atomic E-state index is 12.7. The molecule has 1 aromatic carbocycles. The zero-order valence-electron chi connectivity index (χ0n) is 12.3. The van der Waals surface area contributed by atoms with E-state index in [4.69, 9.17) is 4.42 Å². The number of phenols is 1. The molecule has 0 fully saturated rings. The smallest absolute Gasteiger partial charge is 0.416 e. The van der Waals surface area contributed by atoms with E-state index in [-0.39, 0.29) is 5.76 Å². The molecule has 0 aliphatic heterocycles. The fourth-order valence-corrected chi connectivity index (χ4v) is 1.79. The molecule has 0 aliphatic carbocycles. The Kier molecular flexibility index (Phi) is 4.82. The van der Waals surface area contributed by atoms with Gasteiger partial charge >= 0.3 is 6.18 Å². The quantitative estimate of drug-likeness (QED) is 0.745. The number of carbonyl (C=O) groups is 2. The maximum absolute atomic E-state index is 12.7. The Morgan fingerprint density at radius 2 is 1.96 bits per heavy atom. The molecule has 2 rings (SSSR count). The van der Waals surface area contributed by atoms with Crippen LogP contribution in [0.5, 0.6) is 5.75 Å². The van der Waals surface area contributed by atoms with Crippen molar-refractivity contribution in [2.45, 2.75) is 19.1 Å². The van der Waals surface area contributed by atoms with Crippen molar-refractivity contribution in [3.63, 3.8) is 0 Å². The molecule has 1 atom stereocenters. The Hall–Kier alpha value is -2.97. The largest absolute Gasteiger partial charge is 0.506 e. The monoisotopic (exact) mass is 342 g/mol. The lowest BCUT2D eigenvalue weighted by molar-refractivity contribution is -0.137. The number of benzene rings is 1. The topological polar surface area (TPSA) is 91.6 Å². The lowest BCUT2D eigenvalue weighted by Gasteiger charge is -2.15. The lowest BCUT2D eigenvalue weighted by Crippen LogP contribution is -2.41. The first-order chi connectivity index (χ1) is 11.2.